The Labute approximate surface area is 148 Å². The summed E-state index contributed by atoms with van der Waals surface area (Å²) >= 11 is 0. The highest BCUT2D eigenvalue weighted by atomic mass is 16.2. The van der Waals surface area contributed by atoms with Gasteiger partial charge in [0.05, 0.1) is 0 Å². The molecule has 1 aliphatic rings. The molecular formula is C19H27N3O3. The van der Waals surface area contributed by atoms with E-state index in [9.17, 15) is 14.4 Å². The van der Waals surface area contributed by atoms with Crippen molar-refractivity contribution in [3.8, 4) is 0 Å². The number of amides is 3. The van der Waals surface area contributed by atoms with E-state index in [1.54, 1.807) is 24.3 Å². The molecule has 1 aromatic carbocycles. The first-order chi connectivity index (χ1) is 11.8. The van der Waals surface area contributed by atoms with Crippen molar-refractivity contribution >= 4 is 23.4 Å². The molecule has 1 fully saturated rings. The minimum Gasteiger partial charge on any atom is -0.356 e. The van der Waals surface area contributed by atoms with Gasteiger partial charge in [-0.05, 0) is 43.5 Å². The van der Waals surface area contributed by atoms with Gasteiger partial charge >= 0.3 is 0 Å². The lowest BCUT2D eigenvalue weighted by molar-refractivity contribution is -0.128. The lowest BCUT2D eigenvalue weighted by Crippen LogP contribution is -2.35. The molecule has 1 aliphatic carbocycles. The van der Waals surface area contributed by atoms with Crippen LogP contribution in [0.3, 0.4) is 0 Å². The van der Waals surface area contributed by atoms with Crippen molar-refractivity contribution in [2.75, 3.05) is 11.9 Å². The summed E-state index contributed by atoms with van der Waals surface area (Å²) in [6.45, 7) is 6.03. The molecule has 1 saturated carbocycles. The van der Waals surface area contributed by atoms with Crippen molar-refractivity contribution < 1.29 is 14.4 Å². The number of hydrogen-bond acceptors (Lipinski definition) is 3. The summed E-state index contributed by atoms with van der Waals surface area (Å²) in [5.74, 6) is -0.205. The number of anilines is 1. The third kappa shape index (κ3) is 6.57. The minimum absolute atomic E-state index is 0.0204. The largest absolute Gasteiger partial charge is 0.356 e. The van der Waals surface area contributed by atoms with Crippen LogP contribution >= 0.6 is 0 Å². The molecule has 3 amide bonds. The Balaban J connectivity index is 1.69. The van der Waals surface area contributed by atoms with Crippen LogP contribution in [-0.2, 0) is 9.59 Å². The van der Waals surface area contributed by atoms with Gasteiger partial charge in [-0.3, -0.25) is 14.4 Å². The Morgan fingerprint density at radius 3 is 2.28 bits per heavy atom. The molecule has 1 aromatic rings. The predicted molar refractivity (Wildman–Crippen MR) is 97.3 cm³/mol. The highest BCUT2D eigenvalue weighted by Gasteiger charge is 2.23. The van der Waals surface area contributed by atoms with E-state index in [1.165, 1.54) is 0 Å². The van der Waals surface area contributed by atoms with Crippen LogP contribution in [0.2, 0.25) is 0 Å². The van der Waals surface area contributed by atoms with Gasteiger partial charge in [-0.1, -0.05) is 20.8 Å². The van der Waals surface area contributed by atoms with E-state index in [-0.39, 0.29) is 17.7 Å². The number of benzene rings is 1. The van der Waals surface area contributed by atoms with E-state index >= 15 is 0 Å². The Hall–Kier alpha value is -2.37. The third-order valence-electron chi connectivity index (χ3n) is 3.89. The molecule has 0 radical (unpaired) electrons. The number of hydrogen-bond donors (Lipinski definition) is 3. The highest BCUT2D eigenvalue weighted by molar-refractivity contribution is 5.96. The number of carbonyl (C=O) groups is 3. The van der Waals surface area contributed by atoms with Gasteiger partial charge in [0.15, 0.2) is 0 Å². The summed E-state index contributed by atoms with van der Waals surface area (Å²) in [6, 6.07) is 7.18. The van der Waals surface area contributed by atoms with Crippen LogP contribution in [0.25, 0.3) is 0 Å². The van der Waals surface area contributed by atoms with Crippen molar-refractivity contribution in [2.45, 2.75) is 52.5 Å². The molecule has 25 heavy (non-hydrogen) atoms. The average Bonchev–Trinajstić information content (AvgIpc) is 3.35. The van der Waals surface area contributed by atoms with Crippen molar-refractivity contribution in [2.24, 2.45) is 5.41 Å². The van der Waals surface area contributed by atoms with Gasteiger partial charge < -0.3 is 16.0 Å². The molecule has 6 nitrogen and oxygen atoms in total. The van der Waals surface area contributed by atoms with Crippen LogP contribution in [0.1, 0.15) is 56.8 Å². The first-order valence-corrected chi connectivity index (χ1v) is 8.75. The Bertz CT molecular complexity index is 628. The monoisotopic (exact) mass is 345 g/mol. The fourth-order valence-electron chi connectivity index (χ4n) is 2.14. The first-order valence-electron chi connectivity index (χ1n) is 8.75. The van der Waals surface area contributed by atoms with Crippen LogP contribution in [0.5, 0.6) is 0 Å². The molecule has 0 spiro atoms. The lowest BCUT2D eigenvalue weighted by atomic mass is 9.96. The van der Waals surface area contributed by atoms with E-state index < -0.39 is 5.41 Å². The molecule has 0 saturated heterocycles. The maximum absolute atomic E-state index is 11.9. The summed E-state index contributed by atoms with van der Waals surface area (Å²) in [7, 11) is 0. The van der Waals surface area contributed by atoms with Crippen LogP contribution in [0.4, 0.5) is 5.69 Å². The zero-order valence-corrected chi connectivity index (χ0v) is 15.1. The fraction of sp³-hybridized carbons (Fsp3) is 0.526. The molecule has 0 atom stereocenters. The summed E-state index contributed by atoms with van der Waals surface area (Å²) < 4.78 is 0. The maximum atomic E-state index is 11.9. The van der Waals surface area contributed by atoms with Crippen molar-refractivity contribution in [1.82, 2.24) is 10.6 Å². The van der Waals surface area contributed by atoms with Gasteiger partial charge in [0.2, 0.25) is 11.8 Å². The first kappa shape index (κ1) is 19.0. The second-order valence-corrected chi connectivity index (χ2v) is 7.48. The third-order valence-corrected chi connectivity index (χ3v) is 3.89. The van der Waals surface area contributed by atoms with Crippen LogP contribution < -0.4 is 16.0 Å². The van der Waals surface area contributed by atoms with E-state index in [4.69, 9.17) is 0 Å². The van der Waals surface area contributed by atoms with Crippen LogP contribution in [-0.4, -0.2) is 30.3 Å². The van der Waals surface area contributed by atoms with Crippen LogP contribution in [0.15, 0.2) is 24.3 Å². The quantitative estimate of drug-likeness (QED) is 0.663. The molecule has 0 aliphatic heterocycles. The van der Waals surface area contributed by atoms with Crippen molar-refractivity contribution in [3.05, 3.63) is 29.8 Å². The van der Waals surface area contributed by atoms with Gasteiger partial charge in [0, 0.05) is 35.7 Å². The number of rotatable bonds is 7. The summed E-state index contributed by atoms with van der Waals surface area (Å²) in [4.78, 5) is 35.5. The maximum Gasteiger partial charge on any atom is 0.251 e. The van der Waals surface area contributed by atoms with Gasteiger partial charge in [0.1, 0.15) is 0 Å². The Morgan fingerprint density at radius 1 is 1.08 bits per heavy atom. The molecule has 6 heteroatoms. The van der Waals surface area contributed by atoms with Gasteiger partial charge in [-0.25, -0.2) is 0 Å². The minimum atomic E-state index is -0.421. The molecule has 0 heterocycles. The molecule has 0 bridgehead atoms. The topological polar surface area (TPSA) is 87.3 Å². The van der Waals surface area contributed by atoms with Gasteiger partial charge in [-0.15, -0.1) is 0 Å². The smallest absolute Gasteiger partial charge is 0.251 e. The normalized spacial score (nSPS) is 13.9. The van der Waals surface area contributed by atoms with E-state index in [0.29, 0.717) is 36.7 Å². The SMILES string of the molecule is CC(C)(C)C(=O)NCCCC(=O)Nc1ccc(C(=O)NC2CC2)cc1. The van der Waals surface area contributed by atoms with Crippen LogP contribution in [0, 0.1) is 5.41 Å². The number of nitrogens with one attached hydrogen (secondary N) is 3. The van der Waals surface area contributed by atoms with Gasteiger partial charge in [0.25, 0.3) is 5.91 Å². The summed E-state index contributed by atoms with van der Waals surface area (Å²) in [5, 5.41) is 8.54. The lowest BCUT2D eigenvalue weighted by Gasteiger charge is -2.17. The molecule has 136 valence electrons. The molecular weight excluding hydrogens is 318 g/mol. The molecule has 0 aromatic heterocycles. The predicted octanol–water partition coefficient (Wildman–Crippen LogP) is 2.46. The average molecular weight is 345 g/mol. The van der Waals surface area contributed by atoms with Crippen molar-refractivity contribution in [3.63, 3.8) is 0 Å². The van der Waals surface area contributed by atoms with Crippen molar-refractivity contribution in [1.29, 1.82) is 0 Å². The molecule has 2 rings (SSSR count). The highest BCUT2D eigenvalue weighted by Crippen LogP contribution is 2.19. The van der Waals surface area contributed by atoms with E-state index in [1.807, 2.05) is 20.8 Å². The molecule has 0 unspecified atom stereocenters. The standard InChI is InChI=1S/C19H27N3O3/c1-19(2,3)18(25)20-12-4-5-16(23)21-14-8-6-13(7-9-14)17(24)22-15-10-11-15/h6-9,15H,4-5,10-12H2,1-3H3,(H,20,25)(H,21,23)(H,22,24). The van der Waals surface area contributed by atoms with E-state index in [2.05, 4.69) is 16.0 Å². The van der Waals surface area contributed by atoms with Gasteiger partial charge in [-0.2, -0.15) is 0 Å². The van der Waals surface area contributed by atoms with E-state index in [0.717, 1.165) is 12.8 Å². The zero-order chi connectivity index (χ0) is 18.4. The second-order valence-electron chi connectivity index (χ2n) is 7.48. The second kappa shape index (κ2) is 8.14. The molecule has 3 N–H and O–H groups in total. The number of carbonyl (C=O) groups excluding carboxylic acids is 3. The summed E-state index contributed by atoms with van der Waals surface area (Å²) in [5.41, 5.74) is 0.831. The Kier molecular flexibility index (Phi) is 6.17. The Morgan fingerprint density at radius 2 is 1.72 bits per heavy atom. The summed E-state index contributed by atoms with van der Waals surface area (Å²) in [6.07, 6.45) is 3.01. The fourth-order valence-corrected chi connectivity index (χ4v) is 2.14. The zero-order valence-electron chi connectivity index (χ0n) is 15.1.